The number of amides is 1. The molecule has 1 aromatic carbocycles. The molecule has 0 spiro atoms. The van der Waals surface area contributed by atoms with Crippen LogP contribution in [0.3, 0.4) is 0 Å². The van der Waals surface area contributed by atoms with E-state index >= 15 is 0 Å². The standard InChI is InChI=1S/C15H22N2O3/c1-11-7-8-13(16)14(18)9-17(11)15(19)20-10-12-5-3-2-4-6-12/h2-6,11,13-14,18H,7-10,16H2,1H3/t11-,13-,14-/m0/s1. The van der Waals surface area contributed by atoms with Crippen molar-refractivity contribution >= 4 is 6.09 Å². The van der Waals surface area contributed by atoms with Crippen LogP contribution in [0.4, 0.5) is 4.79 Å². The average molecular weight is 278 g/mol. The van der Waals surface area contributed by atoms with Crippen LogP contribution < -0.4 is 5.73 Å². The molecular weight excluding hydrogens is 256 g/mol. The SMILES string of the molecule is C[C@H]1CC[C@H](N)[C@@H](O)CN1C(=O)OCc1ccccc1. The molecule has 1 amide bonds. The topological polar surface area (TPSA) is 75.8 Å². The molecule has 0 aromatic heterocycles. The summed E-state index contributed by atoms with van der Waals surface area (Å²) in [6.45, 7) is 2.43. The molecule has 1 saturated heterocycles. The summed E-state index contributed by atoms with van der Waals surface area (Å²) in [6.07, 6.45) is 0.405. The second-order valence-electron chi connectivity index (χ2n) is 5.35. The van der Waals surface area contributed by atoms with Crippen LogP contribution in [-0.2, 0) is 11.3 Å². The molecule has 3 N–H and O–H groups in total. The molecule has 0 bridgehead atoms. The summed E-state index contributed by atoms with van der Waals surface area (Å²) in [5.41, 5.74) is 6.78. The van der Waals surface area contributed by atoms with Crippen molar-refractivity contribution in [3.05, 3.63) is 35.9 Å². The Balaban J connectivity index is 1.93. The highest BCUT2D eigenvalue weighted by atomic mass is 16.6. The fourth-order valence-electron chi connectivity index (χ4n) is 2.36. The minimum atomic E-state index is -0.691. The number of ether oxygens (including phenoxy) is 1. The lowest BCUT2D eigenvalue weighted by molar-refractivity contribution is 0.0582. The van der Waals surface area contributed by atoms with E-state index in [1.807, 2.05) is 37.3 Å². The van der Waals surface area contributed by atoms with Crippen LogP contribution in [0, 0.1) is 0 Å². The van der Waals surface area contributed by atoms with Crippen LogP contribution in [0.25, 0.3) is 0 Å². The molecule has 5 heteroatoms. The zero-order valence-corrected chi connectivity index (χ0v) is 11.7. The first-order valence-corrected chi connectivity index (χ1v) is 6.99. The fraction of sp³-hybridized carbons (Fsp3) is 0.533. The van der Waals surface area contributed by atoms with E-state index in [2.05, 4.69) is 0 Å². The molecule has 110 valence electrons. The van der Waals surface area contributed by atoms with E-state index in [-0.39, 0.29) is 25.2 Å². The average Bonchev–Trinajstić information content (AvgIpc) is 2.59. The maximum atomic E-state index is 12.1. The van der Waals surface area contributed by atoms with Crippen LogP contribution in [0.2, 0.25) is 0 Å². The van der Waals surface area contributed by atoms with Crippen molar-refractivity contribution in [3.8, 4) is 0 Å². The van der Waals surface area contributed by atoms with Crippen LogP contribution in [0.5, 0.6) is 0 Å². The Morgan fingerprint density at radius 1 is 1.40 bits per heavy atom. The first-order valence-electron chi connectivity index (χ1n) is 6.99. The van der Waals surface area contributed by atoms with E-state index < -0.39 is 12.2 Å². The van der Waals surface area contributed by atoms with Gasteiger partial charge in [0.1, 0.15) is 6.61 Å². The van der Waals surface area contributed by atoms with Gasteiger partial charge in [-0.05, 0) is 25.3 Å². The maximum absolute atomic E-state index is 12.1. The summed E-state index contributed by atoms with van der Waals surface area (Å²) in [5.74, 6) is 0. The second kappa shape index (κ2) is 6.72. The molecule has 1 aliphatic heterocycles. The minimum Gasteiger partial charge on any atom is -0.445 e. The number of carbonyl (C=O) groups excluding carboxylic acids is 1. The van der Waals surface area contributed by atoms with Gasteiger partial charge in [-0.3, -0.25) is 0 Å². The molecule has 1 aromatic rings. The number of carbonyl (C=O) groups is 1. The Kier molecular flexibility index (Phi) is 4.98. The lowest BCUT2D eigenvalue weighted by Gasteiger charge is -2.27. The van der Waals surface area contributed by atoms with Gasteiger partial charge in [0.2, 0.25) is 0 Å². The smallest absolute Gasteiger partial charge is 0.410 e. The van der Waals surface area contributed by atoms with Crippen LogP contribution in [0.15, 0.2) is 30.3 Å². The predicted molar refractivity (Wildman–Crippen MR) is 76.0 cm³/mol. The molecule has 1 fully saturated rings. The molecule has 3 atom stereocenters. The van der Waals surface area contributed by atoms with Gasteiger partial charge in [-0.15, -0.1) is 0 Å². The Morgan fingerprint density at radius 3 is 2.80 bits per heavy atom. The first kappa shape index (κ1) is 14.8. The summed E-state index contributed by atoms with van der Waals surface area (Å²) < 4.78 is 5.31. The Morgan fingerprint density at radius 2 is 2.10 bits per heavy atom. The second-order valence-corrected chi connectivity index (χ2v) is 5.35. The molecule has 0 unspecified atom stereocenters. The molecule has 0 saturated carbocycles. The van der Waals surface area contributed by atoms with Crippen molar-refractivity contribution in [2.24, 2.45) is 5.73 Å². The Labute approximate surface area is 119 Å². The highest BCUT2D eigenvalue weighted by molar-refractivity contribution is 5.68. The molecule has 5 nitrogen and oxygen atoms in total. The van der Waals surface area contributed by atoms with Crippen molar-refractivity contribution < 1.29 is 14.6 Å². The molecule has 2 rings (SSSR count). The molecule has 0 radical (unpaired) electrons. The molecular formula is C15H22N2O3. The monoisotopic (exact) mass is 278 g/mol. The molecule has 1 aliphatic rings. The van der Waals surface area contributed by atoms with Gasteiger partial charge < -0.3 is 20.5 Å². The number of hydrogen-bond acceptors (Lipinski definition) is 4. The summed E-state index contributed by atoms with van der Waals surface area (Å²) in [5, 5.41) is 9.91. The number of nitrogens with two attached hydrogens (primary N) is 1. The first-order chi connectivity index (χ1) is 9.58. The van der Waals surface area contributed by atoms with Crippen molar-refractivity contribution in [1.29, 1.82) is 0 Å². The molecule has 20 heavy (non-hydrogen) atoms. The van der Waals surface area contributed by atoms with E-state index in [1.165, 1.54) is 0 Å². The summed E-state index contributed by atoms with van der Waals surface area (Å²) >= 11 is 0. The van der Waals surface area contributed by atoms with Gasteiger partial charge in [0.05, 0.1) is 12.6 Å². The van der Waals surface area contributed by atoms with Gasteiger partial charge in [0, 0.05) is 12.1 Å². The largest absolute Gasteiger partial charge is 0.445 e. The van der Waals surface area contributed by atoms with E-state index in [0.29, 0.717) is 6.42 Å². The van der Waals surface area contributed by atoms with Gasteiger partial charge in [-0.2, -0.15) is 0 Å². The Bertz CT molecular complexity index is 438. The highest BCUT2D eigenvalue weighted by Crippen LogP contribution is 2.17. The lowest BCUT2D eigenvalue weighted by Crippen LogP contribution is -2.45. The van der Waals surface area contributed by atoms with Crippen LogP contribution >= 0.6 is 0 Å². The minimum absolute atomic E-state index is 0.0291. The number of hydrogen-bond donors (Lipinski definition) is 2. The van der Waals surface area contributed by atoms with Crippen molar-refractivity contribution in [1.82, 2.24) is 4.90 Å². The van der Waals surface area contributed by atoms with E-state index in [4.69, 9.17) is 10.5 Å². The lowest BCUT2D eigenvalue weighted by atomic mass is 10.1. The third kappa shape index (κ3) is 3.71. The van der Waals surface area contributed by atoms with E-state index in [1.54, 1.807) is 4.90 Å². The van der Waals surface area contributed by atoms with Gasteiger partial charge in [0.15, 0.2) is 0 Å². The fourth-order valence-corrected chi connectivity index (χ4v) is 2.36. The summed E-state index contributed by atoms with van der Waals surface area (Å²) in [4.78, 5) is 13.7. The number of likely N-dealkylation sites (tertiary alicyclic amines) is 1. The van der Waals surface area contributed by atoms with Gasteiger partial charge in [-0.25, -0.2) is 4.79 Å². The van der Waals surface area contributed by atoms with Crippen molar-refractivity contribution in [2.45, 2.75) is 44.6 Å². The quantitative estimate of drug-likeness (QED) is 0.859. The predicted octanol–water partition coefficient (Wildman–Crippen LogP) is 1.50. The van der Waals surface area contributed by atoms with Gasteiger partial charge >= 0.3 is 6.09 Å². The van der Waals surface area contributed by atoms with E-state index in [0.717, 1.165) is 12.0 Å². The Hall–Kier alpha value is -1.59. The zero-order valence-electron chi connectivity index (χ0n) is 11.7. The van der Waals surface area contributed by atoms with E-state index in [9.17, 15) is 9.90 Å². The molecule has 1 heterocycles. The number of rotatable bonds is 2. The number of aliphatic hydroxyl groups is 1. The van der Waals surface area contributed by atoms with Crippen LogP contribution in [-0.4, -0.2) is 40.8 Å². The normalized spacial score (nSPS) is 26.9. The van der Waals surface area contributed by atoms with Gasteiger partial charge in [0.25, 0.3) is 0 Å². The highest BCUT2D eigenvalue weighted by Gasteiger charge is 2.30. The summed E-state index contributed by atoms with van der Waals surface area (Å²) in [6, 6.07) is 9.29. The van der Waals surface area contributed by atoms with Crippen molar-refractivity contribution in [3.63, 3.8) is 0 Å². The summed E-state index contributed by atoms with van der Waals surface area (Å²) in [7, 11) is 0. The number of benzene rings is 1. The maximum Gasteiger partial charge on any atom is 0.410 e. The number of aliphatic hydroxyl groups excluding tert-OH is 1. The third-order valence-electron chi connectivity index (χ3n) is 3.77. The van der Waals surface area contributed by atoms with Gasteiger partial charge in [-0.1, -0.05) is 30.3 Å². The number of β-amino-alcohol motifs (C(OH)–C–C–N with tert-alkyl or cyclic N) is 1. The van der Waals surface area contributed by atoms with Crippen LogP contribution in [0.1, 0.15) is 25.3 Å². The van der Waals surface area contributed by atoms with Crippen molar-refractivity contribution in [2.75, 3.05) is 6.54 Å². The zero-order chi connectivity index (χ0) is 14.5. The molecule has 0 aliphatic carbocycles. The third-order valence-corrected chi connectivity index (χ3v) is 3.77. The number of nitrogens with zero attached hydrogens (tertiary/aromatic N) is 1.